The van der Waals surface area contributed by atoms with E-state index < -0.39 is 0 Å². The van der Waals surface area contributed by atoms with Gasteiger partial charge in [-0.05, 0) is 22.9 Å². The van der Waals surface area contributed by atoms with Crippen LogP contribution in [0.4, 0.5) is 0 Å². The van der Waals surface area contributed by atoms with Crippen LogP contribution >= 0.6 is 11.6 Å². The minimum atomic E-state index is 0.204. The number of methoxy groups -OCH3 is 1. The molecule has 4 aromatic rings. The Morgan fingerprint density at radius 2 is 1.70 bits per heavy atom. The molecule has 0 saturated heterocycles. The Hall–Kier alpha value is -2.58. The van der Waals surface area contributed by atoms with Gasteiger partial charge >= 0.3 is 0 Å². The number of rotatable bonds is 2. The molecule has 0 spiro atoms. The Bertz CT molecular complexity index is 1070. The topological polar surface area (TPSA) is 22.1 Å². The number of nitrogens with zero attached hydrogens (tertiary/aromatic N) is 1. The van der Waals surface area contributed by atoms with E-state index in [1.54, 1.807) is 7.11 Å². The number of aromatic nitrogens is 1. The van der Waals surface area contributed by atoms with E-state index in [0.29, 0.717) is 0 Å². The molecule has 3 aromatic carbocycles. The second-order valence-corrected chi connectivity index (χ2v) is 5.64. The lowest BCUT2D eigenvalue weighted by Crippen LogP contribution is -1.91. The van der Waals surface area contributed by atoms with Crippen LogP contribution in [0.1, 0.15) is 1.37 Å². The second-order valence-electron chi connectivity index (χ2n) is 5.29. The van der Waals surface area contributed by atoms with Crippen molar-refractivity contribution in [3.05, 3.63) is 71.9 Å². The normalized spacial score (nSPS) is 11.7. The van der Waals surface area contributed by atoms with Crippen molar-refractivity contribution in [3.8, 4) is 17.0 Å². The van der Waals surface area contributed by atoms with Gasteiger partial charge in [-0.3, -0.25) is 0 Å². The van der Waals surface area contributed by atoms with Crippen LogP contribution in [0.3, 0.4) is 0 Å². The third-order valence-electron chi connectivity index (χ3n) is 3.97. The van der Waals surface area contributed by atoms with Crippen LogP contribution in [0.15, 0.2) is 66.7 Å². The Morgan fingerprint density at radius 3 is 2.52 bits per heavy atom. The quantitative estimate of drug-likeness (QED) is 0.441. The van der Waals surface area contributed by atoms with Crippen LogP contribution in [0.5, 0.6) is 5.75 Å². The van der Waals surface area contributed by atoms with Crippen LogP contribution in [0.2, 0.25) is 5.15 Å². The molecule has 0 amide bonds. The van der Waals surface area contributed by atoms with E-state index in [2.05, 4.69) is 4.98 Å². The van der Waals surface area contributed by atoms with Gasteiger partial charge in [-0.1, -0.05) is 66.2 Å². The molecule has 1 aromatic heterocycles. The molecule has 1 heterocycles. The van der Waals surface area contributed by atoms with Crippen molar-refractivity contribution < 1.29 is 6.11 Å². The molecule has 0 N–H and O–H groups in total. The van der Waals surface area contributed by atoms with Gasteiger partial charge in [-0.15, -0.1) is 0 Å². The molecule has 2 nitrogen and oxygen atoms in total. The molecular formula is C20H14ClNO. The Balaban J connectivity index is 2.17. The first kappa shape index (κ1) is 12.9. The average molecular weight is 321 g/mol. The Labute approximate surface area is 140 Å². The molecule has 3 heteroatoms. The highest BCUT2D eigenvalue weighted by atomic mass is 35.5. The first-order valence-corrected chi connectivity index (χ1v) is 7.69. The van der Waals surface area contributed by atoms with Gasteiger partial charge in [0.1, 0.15) is 10.9 Å². The van der Waals surface area contributed by atoms with Crippen LogP contribution in [0.25, 0.3) is 32.8 Å². The lowest BCUT2D eigenvalue weighted by molar-refractivity contribution is 0.420. The van der Waals surface area contributed by atoms with Crippen LogP contribution in [-0.2, 0) is 0 Å². The van der Waals surface area contributed by atoms with Gasteiger partial charge < -0.3 is 4.74 Å². The first-order chi connectivity index (χ1) is 11.7. The molecule has 0 bridgehead atoms. The van der Waals surface area contributed by atoms with Gasteiger partial charge in [-0.2, -0.15) is 0 Å². The third kappa shape index (κ3) is 2.32. The van der Waals surface area contributed by atoms with E-state index in [1.807, 2.05) is 60.7 Å². The zero-order chi connectivity index (χ0) is 16.7. The fourth-order valence-electron chi connectivity index (χ4n) is 2.98. The van der Waals surface area contributed by atoms with Crippen molar-refractivity contribution >= 4 is 33.1 Å². The van der Waals surface area contributed by atoms with Crippen molar-refractivity contribution in [2.24, 2.45) is 0 Å². The highest BCUT2D eigenvalue weighted by Gasteiger charge is 2.13. The van der Waals surface area contributed by atoms with E-state index in [-0.39, 0.29) is 11.2 Å². The van der Waals surface area contributed by atoms with Crippen LogP contribution in [-0.4, -0.2) is 12.1 Å². The largest absolute Gasteiger partial charge is 0.496 e. The fraction of sp³-hybridized carbons (Fsp3) is 0.0500. The average Bonchev–Trinajstić information content (AvgIpc) is 2.63. The number of pyridine rings is 1. The van der Waals surface area contributed by atoms with Crippen molar-refractivity contribution in [1.82, 2.24) is 4.98 Å². The molecule has 0 aliphatic heterocycles. The van der Waals surface area contributed by atoms with E-state index >= 15 is 0 Å². The highest BCUT2D eigenvalue weighted by molar-refractivity contribution is 6.30. The third-order valence-corrected chi connectivity index (χ3v) is 4.15. The van der Waals surface area contributed by atoms with Crippen molar-refractivity contribution in [1.29, 1.82) is 0 Å². The minimum Gasteiger partial charge on any atom is -0.496 e. The van der Waals surface area contributed by atoms with Crippen LogP contribution < -0.4 is 4.74 Å². The smallest absolute Gasteiger partial charge is 0.130 e. The zero-order valence-corrected chi connectivity index (χ0v) is 13.3. The zero-order valence-electron chi connectivity index (χ0n) is 13.5. The fourth-order valence-corrected chi connectivity index (χ4v) is 3.16. The van der Waals surface area contributed by atoms with Gasteiger partial charge in [-0.25, -0.2) is 4.98 Å². The molecule has 0 atom stereocenters. The second kappa shape index (κ2) is 5.56. The van der Waals surface area contributed by atoms with E-state index in [4.69, 9.17) is 17.7 Å². The SMILES string of the molecule is [2H]c1c(Cl)nc(-c2cccc3cccc(OC)c23)c2ccccc12. The number of hydrogen-bond donors (Lipinski definition) is 0. The summed E-state index contributed by atoms with van der Waals surface area (Å²) in [5, 5.41) is 3.97. The monoisotopic (exact) mass is 320 g/mol. The maximum absolute atomic E-state index is 8.17. The predicted octanol–water partition coefficient (Wildman–Crippen LogP) is 5.72. The summed E-state index contributed by atoms with van der Waals surface area (Å²) >= 11 is 6.24. The van der Waals surface area contributed by atoms with Gasteiger partial charge in [0, 0.05) is 16.3 Å². The van der Waals surface area contributed by atoms with Crippen molar-refractivity contribution in [2.45, 2.75) is 0 Å². The summed E-state index contributed by atoms with van der Waals surface area (Å²) in [5.74, 6) is 0.792. The summed E-state index contributed by atoms with van der Waals surface area (Å²) in [4.78, 5) is 4.52. The first-order valence-electron chi connectivity index (χ1n) is 7.81. The molecule has 0 fully saturated rings. The summed E-state index contributed by atoms with van der Waals surface area (Å²) in [6.07, 6.45) is 0. The molecule has 112 valence electrons. The number of hydrogen-bond acceptors (Lipinski definition) is 2. The lowest BCUT2D eigenvalue weighted by Gasteiger charge is -2.12. The van der Waals surface area contributed by atoms with Gasteiger partial charge in [0.05, 0.1) is 14.2 Å². The number of ether oxygens (including phenoxy) is 1. The van der Waals surface area contributed by atoms with E-state index in [0.717, 1.165) is 38.6 Å². The molecule has 0 radical (unpaired) electrons. The molecule has 0 saturated carbocycles. The van der Waals surface area contributed by atoms with Gasteiger partial charge in [0.2, 0.25) is 0 Å². The van der Waals surface area contributed by atoms with Crippen molar-refractivity contribution in [2.75, 3.05) is 7.11 Å². The standard InChI is InChI=1S/C20H14ClNO/c1-23-17-11-5-8-13-7-4-10-16(19(13)17)20-15-9-3-2-6-14(15)12-18(21)22-20/h2-12H,1H3/i12D. The molecular weight excluding hydrogens is 306 g/mol. The van der Waals surface area contributed by atoms with Crippen molar-refractivity contribution in [3.63, 3.8) is 0 Å². The summed E-state index contributed by atoms with van der Waals surface area (Å²) in [6.45, 7) is 0. The Morgan fingerprint density at radius 1 is 0.957 bits per heavy atom. The van der Waals surface area contributed by atoms with Gasteiger partial charge in [0.15, 0.2) is 0 Å². The molecule has 4 rings (SSSR count). The van der Waals surface area contributed by atoms with Gasteiger partial charge in [0.25, 0.3) is 0 Å². The lowest BCUT2D eigenvalue weighted by atomic mass is 9.97. The van der Waals surface area contributed by atoms with Crippen LogP contribution in [0, 0.1) is 0 Å². The molecule has 0 aliphatic carbocycles. The molecule has 0 aliphatic rings. The highest BCUT2D eigenvalue weighted by Crippen LogP contribution is 2.37. The summed E-state index contributed by atoms with van der Waals surface area (Å²) < 4.78 is 13.7. The number of fused-ring (bicyclic) bond motifs is 2. The molecule has 23 heavy (non-hydrogen) atoms. The molecule has 0 unspecified atom stereocenters. The predicted molar refractivity (Wildman–Crippen MR) is 96.2 cm³/mol. The summed E-state index contributed by atoms with van der Waals surface area (Å²) in [7, 11) is 1.66. The number of halogens is 1. The summed E-state index contributed by atoms with van der Waals surface area (Å²) in [5.41, 5.74) is 1.71. The van der Waals surface area contributed by atoms with E-state index in [9.17, 15) is 0 Å². The van der Waals surface area contributed by atoms with E-state index in [1.165, 1.54) is 0 Å². The maximum atomic E-state index is 8.17. The minimum absolute atomic E-state index is 0.204. The maximum Gasteiger partial charge on any atom is 0.130 e. The Kier molecular flexibility index (Phi) is 3.12. The number of benzene rings is 3. The summed E-state index contributed by atoms with van der Waals surface area (Å²) in [6, 6.07) is 20.0.